The monoisotopic (exact) mass is 257 g/mol. The van der Waals surface area contributed by atoms with Gasteiger partial charge >= 0.3 is 0 Å². The van der Waals surface area contributed by atoms with Gasteiger partial charge in [0.05, 0.1) is 17.7 Å². The summed E-state index contributed by atoms with van der Waals surface area (Å²) >= 11 is 0. The number of nitriles is 1. The molecule has 4 nitrogen and oxygen atoms in total. The third kappa shape index (κ3) is 3.55. The van der Waals surface area contributed by atoms with E-state index < -0.39 is 0 Å². The Balaban J connectivity index is 1.97. The molecule has 0 aliphatic carbocycles. The number of nitrogens with one attached hydrogen (secondary N) is 1. The zero-order valence-electron chi connectivity index (χ0n) is 11.2. The molecule has 4 heteroatoms. The van der Waals surface area contributed by atoms with Gasteiger partial charge in [0.15, 0.2) is 0 Å². The third-order valence-corrected chi connectivity index (χ3v) is 3.58. The summed E-state index contributed by atoms with van der Waals surface area (Å²) in [5.74, 6) is -0.00279. The molecule has 0 bridgehead atoms. The van der Waals surface area contributed by atoms with Gasteiger partial charge in [0, 0.05) is 5.69 Å². The van der Waals surface area contributed by atoms with Crippen LogP contribution in [0.3, 0.4) is 0 Å². The molecule has 19 heavy (non-hydrogen) atoms. The Kier molecular flexibility index (Phi) is 4.53. The van der Waals surface area contributed by atoms with Crippen LogP contribution in [0.1, 0.15) is 31.7 Å². The van der Waals surface area contributed by atoms with Gasteiger partial charge in [-0.25, -0.2) is 0 Å². The van der Waals surface area contributed by atoms with E-state index in [9.17, 15) is 4.79 Å². The van der Waals surface area contributed by atoms with Gasteiger partial charge in [0.1, 0.15) is 0 Å². The van der Waals surface area contributed by atoms with E-state index in [-0.39, 0.29) is 11.9 Å². The van der Waals surface area contributed by atoms with E-state index in [2.05, 4.69) is 16.3 Å². The number of anilines is 1. The van der Waals surface area contributed by atoms with Gasteiger partial charge in [0.25, 0.3) is 0 Å². The highest BCUT2D eigenvalue weighted by atomic mass is 16.2. The molecule has 1 amide bonds. The molecule has 1 aliphatic heterocycles. The summed E-state index contributed by atoms with van der Waals surface area (Å²) in [5.41, 5.74) is 1.25. The van der Waals surface area contributed by atoms with Gasteiger partial charge < -0.3 is 5.32 Å². The molecule has 1 atom stereocenters. The lowest BCUT2D eigenvalue weighted by molar-refractivity contribution is -0.121. The number of amides is 1. The van der Waals surface area contributed by atoms with Crippen LogP contribution in [0.4, 0.5) is 5.69 Å². The average Bonchev–Trinajstić information content (AvgIpc) is 2.47. The predicted molar refractivity (Wildman–Crippen MR) is 74.7 cm³/mol. The minimum absolute atomic E-state index is 0.00279. The summed E-state index contributed by atoms with van der Waals surface area (Å²) in [7, 11) is 0. The molecule has 1 saturated heterocycles. The van der Waals surface area contributed by atoms with Crippen molar-refractivity contribution in [2.75, 3.05) is 18.4 Å². The Bertz CT molecular complexity index is 486. The van der Waals surface area contributed by atoms with Gasteiger partial charge in [-0.15, -0.1) is 0 Å². The molecule has 0 aromatic heterocycles. The fraction of sp³-hybridized carbons (Fsp3) is 0.467. The standard InChI is InChI=1S/C15H19N3O/c1-12(18-8-3-2-4-9-18)15(19)17-14-7-5-6-13(10-14)11-16/h5-7,10,12H,2-4,8-9H2,1H3,(H,17,19)/t12-/m0/s1. The molecule has 1 aromatic rings. The highest BCUT2D eigenvalue weighted by molar-refractivity contribution is 5.94. The van der Waals surface area contributed by atoms with E-state index in [1.807, 2.05) is 13.0 Å². The van der Waals surface area contributed by atoms with E-state index in [1.165, 1.54) is 19.3 Å². The summed E-state index contributed by atoms with van der Waals surface area (Å²) in [6.45, 7) is 3.93. The van der Waals surface area contributed by atoms with Gasteiger partial charge in [-0.2, -0.15) is 5.26 Å². The molecule has 0 spiro atoms. The number of carbonyl (C=O) groups excluding carboxylic acids is 1. The average molecular weight is 257 g/mol. The first-order chi connectivity index (χ1) is 9.20. The van der Waals surface area contributed by atoms with Crippen LogP contribution in [0, 0.1) is 11.3 Å². The molecule has 1 fully saturated rings. The van der Waals surface area contributed by atoms with Crippen molar-refractivity contribution >= 4 is 11.6 Å². The van der Waals surface area contributed by atoms with Crippen LogP contribution in [0.25, 0.3) is 0 Å². The van der Waals surface area contributed by atoms with Crippen molar-refractivity contribution in [3.8, 4) is 6.07 Å². The van der Waals surface area contributed by atoms with Crippen LogP contribution in [0.15, 0.2) is 24.3 Å². The first-order valence-corrected chi connectivity index (χ1v) is 6.76. The van der Waals surface area contributed by atoms with Crippen molar-refractivity contribution in [3.63, 3.8) is 0 Å². The van der Waals surface area contributed by atoms with Gasteiger partial charge in [-0.05, 0) is 51.1 Å². The molecule has 0 radical (unpaired) electrons. The molecule has 100 valence electrons. The highest BCUT2D eigenvalue weighted by Gasteiger charge is 2.22. The maximum absolute atomic E-state index is 12.2. The molecule has 1 aliphatic rings. The second-order valence-corrected chi connectivity index (χ2v) is 4.95. The van der Waals surface area contributed by atoms with Crippen molar-refractivity contribution in [1.29, 1.82) is 5.26 Å². The summed E-state index contributed by atoms with van der Waals surface area (Å²) in [4.78, 5) is 14.4. The lowest BCUT2D eigenvalue weighted by atomic mass is 10.1. The van der Waals surface area contributed by atoms with Crippen molar-refractivity contribution in [2.45, 2.75) is 32.2 Å². The van der Waals surface area contributed by atoms with Crippen LogP contribution < -0.4 is 5.32 Å². The predicted octanol–water partition coefficient (Wildman–Crippen LogP) is 2.37. The van der Waals surface area contributed by atoms with Crippen molar-refractivity contribution in [3.05, 3.63) is 29.8 Å². The Hall–Kier alpha value is -1.86. The molecular formula is C15H19N3O. The molecule has 1 heterocycles. The largest absolute Gasteiger partial charge is 0.325 e. The van der Waals surface area contributed by atoms with Gasteiger partial charge in [0.2, 0.25) is 5.91 Å². The van der Waals surface area contributed by atoms with Crippen LogP contribution >= 0.6 is 0 Å². The van der Waals surface area contributed by atoms with E-state index in [1.54, 1.807) is 18.2 Å². The summed E-state index contributed by atoms with van der Waals surface area (Å²) in [5, 5.41) is 11.7. The Labute approximate surface area is 114 Å². The maximum Gasteiger partial charge on any atom is 0.241 e. The van der Waals surface area contributed by atoms with Crippen LogP contribution in [-0.2, 0) is 4.79 Å². The fourth-order valence-corrected chi connectivity index (χ4v) is 2.38. The second-order valence-electron chi connectivity index (χ2n) is 4.95. The lowest BCUT2D eigenvalue weighted by Crippen LogP contribution is -2.44. The molecule has 2 rings (SSSR count). The molecular weight excluding hydrogens is 238 g/mol. The number of rotatable bonds is 3. The minimum atomic E-state index is -0.119. The Morgan fingerprint density at radius 3 is 2.79 bits per heavy atom. The summed E-state index contributed by atoms with van der Waals surface area (Å²) in [6.07, 6.45) is 3.60. The normalized spacial score (nSPS) is 17.5. The van der Waals surface area contributed by atoms with E-state index in [4.69, 9.17) is 5.26 Å². The van der Waals surface area contributed by atoms with Gasteiger partial charge in [-0.3, -0.25) is 9.69 Å². The summed E-state index contributed by atoms with van der Waals surface area (Å²) in [6, 6.07) is 8.96. The van der Waals surface area contributed by atoms with Crippen LogP contribution in [0.5, 0.6) is 0 Å². The zero-order chi connectivity index (χ0) is 13.7. The molecule has 1 aromatic carbocycles. The van der Waals surface area contributed by atoms with Crippen LogP contribution in [0.2, 0.25) is 0 Å². The topological polar surface area (TPSA) is 56.1 Å². The number of nitrogens with zero attached hydrogens (tertiary/aromatic N) is 2. The summed E-state index contributed by atoms with van der Waals surface area (Å²) < 4.78 is 0. The van der Waals surface area contributed by atoms with E-state index in [0.717, 1.165) is 13.1 Å². The first kappa shape index (κ1) is 13.6. The highest BCUT2D eigenvalue weighted by Crippen LogP contribution is 2.15. The van der Waals surface area contributed by atoms with E-state index in [0.29, 0.717) is 11.3 Å². The number of hydrogen-bond acceptors (Lipinski definition) is 3. The zero-order valence-corrected chi connectivity index (χ0v) is 11.2. The SMILES string of the molecule is C[C@@H](C(=O)Nc1cccc(C#N)c1)N1CCCCC1. The van der Waals surface area contributed by atoms with Crippen molar-refractivity contribution < 1.29 is 4.79 Å². The number of piperidine rings is 1. The third-order valence-electron chi connectivity index (χ3n) is 3.58. The first-order valence-electron chi connectivity index (χ1n) is 6.76. The Morgan fingerprint density at radius 2 is 2.11 bits per heavy atom. The van der Waals surface area contributed by atoms with E-state index >= 15 is 0 Å². The van der Waals surface area contributed by atoms with Crippen molar-refractivity contribution in [2.24, 2.45) is 0 Å². The molecule has 0 saturated carbocycles. The maximum atomic E-state index is 12.2. The molecule has 1 N–H and O–H groups in total. The fourth-order valence-electron chi connectivity index (χ4n) is 2.38. The minimum Gasteiger partial charge on any atom is -0.325 e. The Morgan fingerprint density at radius 1 is 1.37 bits per heavy atom. The second kappa shape index (κ2) is 6.35. The van der Waals surface area contributed by atoms with Gasteiger partial charge in [-0.1, -0.05) is 12.5 Å². The lowest BCUT2D eigenvalue weighted by Gasteiger charge is -2.31. The smallest absolute Gasteiger partial charge is 0.241 e. The van der Waals surface area contributed by atoms with Crippen molar-refractivity contribution in [1.82, 2.24) is 4.90 Å². The quantitative estimate of drug-likeness (QED) is 0.904. The number of benzene rings is 1. The molecule has 0 unspecified atom stereocenters. The van der Waals surface area contributed by atoms with Crippen LogP contribution in [-0.4, -0.2) is 29.9 Å². The number of hydrogen-bond donors (Lipinski definition) is 1. The number of carbonyl (C=O) groups is 1. The number of likely N-dealkylation sites (tertiary alicyclic amines) is 1.